The second kappa shape index (κ2) is 13.6. The first-order chi connectivity index (χ1) is 14.6. The average Bonchev–Trinajstić information content (AvgIpc) is 3.29. The lowest BCUT2D eigenvalue weighted by Gasteiger charge is -2.15. The number of hydrogen-bond acceptors (Lipinski definition) is 5. The number of aryl methyl sites for hydroxylation is 1. The molecule has 1 aromatic carbocycles. The van der Waals surface area contributed by atoms with Crippen LogP contribution < -0.4 is 20.7 Å². The van der Waals surface area contributed by atoms with Crippen molar-refractivity contribution < 1.29 is 14.3 Å². The van der Waals surface area contributed by atoms with Gasteiger partial charge in [0.05, 0.1) is 11.5 Å². The van der Waals surface area contributed by atoms with E-state index in [9.17, 15) is 4.79 Å². The molecule has 0 aliphatic carbocycles. The summed E-state index contributed by atoms with van der Waals surface area (Å²) in [5, 5.41) is 11.4. The number of thiophene rings is 1. The van der Waals surface area contributed by atoms with Crippen LogP contribution in [0.25, 0.3) is 0 Å². The van der Waals surface area contributed by atoms with Gasteiger partial charge in [0, 0.05) is 38.9 Å². The molecule has 8 heteroatoms. The number of carbonyl (C=O) groups excluding carboxylic acids is 1. The van der Waals surface area contributed by atoms with E-state index < -0.39 is 0 Å². The van der Waals surface area contributed by atoms with Gasteiger partial charge in [0.2, 0.25) is 0 Å². The van der Waals surface area contributed by atoms with Crippen LogP contribution in [0.4, 0.5) is 0 Å². The number of carbonyl (C=O) groups is 1. The highest BCUT2D eigenvalue weighted by Crippen LogP contribution is 2.20. The first-order valence-corrected chi connectivity index (χ1v) is 11.1. The Morgan fingerprint density at radius 2 is 1.97 bits per heavy atom. The van der Waals surface area contributed by atoms with Crippen LogP contribution in [0, 0.1) is 6.92 Å². The van der Waals surface area contributed by atoms with Gasteiger partial charge in [-0.25, -0.2) is 0 Å². The van der Waals surface area contributed by atoms with Crippen molar-refractivity contribution in [2.24, 2.45) is 4.99 Å². The van der Waals surface area contributed by atoms with E-state index in [1.54, 1.807) is 7.05 Å². The molecule has 0 atom stereocenters. The van der Waals surface area contributed by atoms with Crippen LogP contribution in [-0.4, -0.2) is 51.8 Å². The van der Waals surface area contributed by atoms with Gasteiger partial charge in [0.15, 0.2) is 5.96 Å². The standard InChI is InChI=1S/C22H32N4O3S/c1-4-28-12-13-29-19-15-17(2)8-9-18(19)16-26-22(23-3)25-11-6-10-24-21(27)20-7-5-14-30-20/h5,7-9,14-15H,4,6,10-13,16H2,1-3H3,(H,24,27)(H2,23,25,26). The van der Waals surface area contributed by atoms with Crippen molar-refractivity contribution in [1.82, 2.24) is 16.0 Å². The fraction of sp³-hybridized carbons (Fsp3) is 0.455. The van der Waals surface area contributed by atoms with E-state index in [1.165, 1.54) is 11.3 Å². The first-order valence-electron chi connectivity index (χ1n) is 10.2. The maximum atomic E-state index is 11.9. The first kappa shape index (κ1) is 23.7. The molecule has 0 spiro atoms. The molecule has 164 valence electrons. The Kier molecular flexibility index (Phi) is 10.7. The van der Waals surface area contributed by atoms with Crippen LogP contribution in [0.5, 0.6) is 5.75 Å². The van der Waals surface area contributed by atoms with E-state index in [0.29, 0.717) is 45.4 Å². The van der Waals surface area contributed by atoms with E-state index in [2.05, 4.69) is 33.1 Å². The highest BCUT2D eigenvalue weighted by Gasteiger charge is 2.07. The summed E-state index contributed by atoms with van der Waals surface area (Å²) in [7, 11) is 1.74. The van der Waals surface area contributed by atoms with Gasteiger partial charge in [-0.05, 0) is 43.3 Å². The Hall–Kier alpha value is -2.58. The Labute approximate surface area is 182 Å². The monoisotopic (exact) mass is 432 g/mol. The minimum Gasteiger partial charge on any atom is -0.491 e. The molecule has 7 nitrogen and oxygen atoms in total. The number of guanidine groups is 1. The predicted molar refractivity (Wildman–Crippen MR) is 123 cm³/mol. The summed E-state index contributed by atoms with van der Waals surface area (Å²) in [5.74, 6) is 1.54. The molecular formula is C22H32N4O3S. The molecule has 1 amide bonds. The summed E-state index contributed by atoms with van der Waals surface area (Å²) < 4.78 is 11.2. The summed E-state index contributed by atoms with van der Waals surface area (Å²) in [6.07, 6.45) is 0.800. The number of benzene rings is 1. The number of nitrogens with one attached hydrogen (secondary N) is 3. The number of aliphatic imine (C=N–C) groups is 1. The highest BCUT2D eigenvalue weighted by atomic mass is 32.1. The molecule has 2 rings (SSSR count). The van der Waals surface area contributed by atoms with Crippen molar-refractivity contribution in [2.75, 3.05) is 40.0 Å². The van der Waals surface area contributed by atoms with E-state index >= 15 is 0 Å². The van der Waals surface area contributed by atoms with Crippen LogP contribution in [0.15, 0.2) is 40.7 Å². The Bertz CT molecular complexity index is 794. The lowest BCUT2D eigenvalue weighted by molar-refractivity contribution is 0.0957. The van der Waals surface area contributed by atoms with E-state index in [-0.39, 0.29) is 5.91 Å². The fourth-order valence-electron chi connectivity index (χ4n) is 2.69. The molecule has 1 heterocycles. The lowest BCUT2D eigenvalue weighted by Crippen LogP contribution is -2.38. The highest BCUT2D eigenvalue weighted by molar-refractivity contribution is 7.12. The minimum atomic E-state index is -0.0243. The van der Waals surface area contributed by atoms with Gasteiger partial charge >= 0.3 is 0 Å². The summed E-state index contributed by atoms with van der Waals surface area (Å²) in [6, 6.07) is 9.87. The Morgan fingerprint density at radius 3 is 2.70 bits per heavy atom. The lowest BCUT2D eigenvalue weighted by atomic mass is 10.1. The number of nitrogens with zero attached hydrogens (tertiary/aromatic N) is 1. The van der Waals surface area contributed by atoms with E-state index in [0.717, 1.165) is 28.2 Å². The maximum absolute atomic E-state index is 11.9. The second-order valence-corrected chi connectivity index (χ2v) is 7.54. The third-order valence-electron chi connectivity index (χ3n) is 4.26. The zero-order chi connectivity index (χ0) is 21.6. The van der Waals surface area contributed by atoms with Gasteiger partial charge in [-0.2, -0.15) is 0 Å². The molecule has 0 unspecified atom stereocenters. The molecular weight excluding hydrogens is 400 g/mol. The predicted octanol–water partition coefficient (Wildman–Crippen LogP) is 2.96. The van der Waals surface area contributed by atoms with Crippen molar-refractivity contribution in [3.63, 3.8) is 0 Å². The minimum absolute atomic E-state index is 0.0243. The van der Waals surface area contributed by atoms with Gasteiger partial charge in [0.1, 0.15) is 12.4 Å². The fourth-order valence-corrected chi connectivity index (χ4v) is 3.33. The van der Waals surface area contributed by atoms with Crippen molar-refractivity contribution >= 4 is 23.2 Å². The van der Waals surface area contributed by atoms with Crippen molar-refractivity contribution in [3.8, 4) is 5.75 Å². The molecule has 30 heavy (non-hydrogen) atoms. The number of ether oxygens (including phenoxy) is 2. The summed E-state index contributed by atoms with van der Waals surface area (Å²) >= 11 is 1.44. The Morgan fingerprint density at radius 1 is 1.13 bits per heavy atom. The topological polar surface area (TPSA) is 84.0 Å². The van der Waals surface area contributed by atoms with Gasteiger partial charge in [0.25, 0.3) is 5.91 Å². The van der Waals surface area contributed by atoms with Crippen LogP contribution >= 0.6 is 11.3 Å². The normalized spacial score (nSPS) is 11.2. The molecule has 0 aliphatic heterocycles. The van der Waals surface area contributed by atoms with Crippen LogP contribution in [0.1, 0.15) is 34.1 Å². The third kappa shape index (κ3) is 8.42. The van der Waals surface area contributed by atoms with Crippen molar-refractivity contribution in [2.45, 2.75) is 26.8 Å². The van der Waals surface area contributed by atoms with Gasteiger partial charge in [-0.15, -0.1) is 11.3 Å². The number of hydrogen-bond donors (Lipinski definition) is 3. The molecule has 0 bridgehead atoms. The van der Waals surface area contributed by atoms with Gasteiger partial charge in [-0.1, -0.05) is 18.2 Å². The van der Waals surface area contributed by atoms with Gasteiger partial charge in [-0.3, -0.25) is 9.79 Å². The molecule has 1 aromatic heterocycles. The second-order valence-electron chi connectivity index (χ2n) is 6.60. The summed E-state index contributed by atoms with van der Waals surface area (Å²) in [5.41, 5.74) is 2.21. The van der Waals surface area contributed by atoms with E-state index in [4.69, 9.17) is 9.47 Å². The average molecular weight is 433 g/mol. The SMILES string of the molecule is CCOCCOc1cc(C)ccc1CNC(=NC)NCCCNC(=O)c1cccs1. The van der Waals surface area contributed by atoms with Crippen molar-refractivity contribution in [3.05, 3.63) is 51.7 Å². The molecule has 0 saturated carbocycles. The van der Waals surface area contributed by atoms with Gasteiger partial charge < -0.3 is 25.4 Å². The van der Waals surface area contributed by atoms with Crippen LogP contribution in [0.3, 0.4) is 0 Å². The molecule has 0 saturated heterocycles. The number of amides is 1. The largest absolute Gasteiger partial charge is 0.491 e. The summed E-state index contributed by atoms with van der Waals surface area (Å²) in [6.45, 7) is 7.71. The Balaban J connectivity index is 1.72. The smallest absolute Gasteiger partial charge is 0.261 e. The molecule has 0 radical (unpaired) electrons. The molecule has 0 fully saturated rings. The molecule has 3 N–H and O–H groups in total. The quantitative estimate of drug-likeness (QED) is 0.273. The number of rotatable bonds is 12. The summed E-state index contributed by atoms with van der Waals surface area (Å²) in [4.78, 5) is 16.9. The zero-order valence-corrected chi connectivity index (χ0v) is 18.8. The molecule has 0 aliphatic rings. The zero-order valence-electron chi connectivity index (χ0n) is 18.0. The van der Waals surface area contributed by atoms with Crippen LogP contribution in [-0.2, 0) is 11.3 Å². The van der Waals surface area contributed by atoms with Crippen LogP contribution in [0.2, 0.25) is 0 Å². The van der Waals surface area contributed by atoms with Crippen molar-refractivity contribution in [1.29, 1.82) is 0 Å². The molecule has 2 aromatic rings. The maximum Gasteiger partial charge on any atom is 0.261 e. The van der Waals surface area contributed by atoms with E-state index in [1.807, 2.05) is 37.4 Å². The third-order valence-corrected chi connectivity index (χ3v) is 5.13.